The molecule has 0 heterocycles. The Balaban J connectivity index is 1.22. The van der Waals surface area contributed by atoms with Gasteiger partial charge in [0.2, 0.25) is 0 Å². The Kier molecular flexibility index (Phi) is 4.89. The van der Waals surface area contributed by atoms with Gasteiger partial charge in [0, 0.05) is 0 Å². The molecule has 7 aromatic carbocycles. The molecule has 7 aromatic rings. The van der Waals surface area contributed by atoms with Crippen LogP contribution in [0.15, 0.2) is 146 Å². The van der Waals surface area contributed by atoms with E-state index in [1.165, 1.54) is 65.7 Å². The fraction of sp³-hybridized carbons (Fsp3) is 0. The van der Waals surface area contributed by atoms with Gasteiger partial charge in [-0.3, -0.25) is 0 Å². The molecule has 0 aliphatic carbocycles. The van der Waals surface area contributed by atoms with E-state index in [0.717, 1.165) is 0 Å². The van der Waals surface area contributed by atoms with Gasteiger partial charge in [0.25, 0.3) is 0 Å². The highest BCUT2D eigenvalue weighted by Crippen LogP contribution is 2.33. The molecule has 0 nitrogen and oxygen atoms in total. The van der Waals surface area contributed by atoms with Crippen molar-refractivity contribution in [2.45, 2.75) is 0 Å². The minimum Gasteiger partial charge on any atom is -0.0616 e. The van der Waals surface area contributed by atoms with Crippen LogP contribution in [-0.4, -0.2) is 0 Å². The summed E-state index contributed by atoms with van der Waals surface area (Å²) >= 11 is 0. The van der Waals surface area contributed by atoms with Crippen LogP contribution in [0.25, 0.3) is 65.7 Å². The summed E-state index contributed by atoms with van der Waals surface area (Å²) in [7, 11) is 0. The molecule has 0 bridgehead atoms. The fourth-order valence-electron chi connectivity index (χ4n) is 5.29. The van der Waals surface area contributed by atoms with Crippen molar-refractivity contribution in [2.75, 3.05) is 0 Å². The number of hydrogen-bond donors (Lipinski definition) is 0. The molecule has 0 amide bonds. The predicted molar refractivity (Wildman–Crippen MR) is 155 cm³/mol. The summed E-state index contributed by atoms with van der Waals surface area (Å²) in [5, 5.41) is 7.64. The molecule has 168 valence electrons. The summed E-state index contributed by atoms with van der Waals surface area (Å²) in [6.07, 6.45) is 0. The number of hydrogen-bond acceptors (Lipinski definition) is 0. The van der Waals surface area contributed by atoms with Crippen LogP contribution in [0.1, 0.15) is 0 Å². The smallest absolute Gasteiger partial charge is 0.0105 e. The van der Waals surface area contributed by atoms with E-state index in [-0.39, 0.29) is 0 Å². The van der Waals surface area contributed by atoms with Crippen LogP contribution in [0.5, 0.6) is 0 Å². The van der Waals surface area contributed by atoms with Crippen LogP contribution in [0, 0.1) is 0 Å². The van der Waals surface area contributed by atoms with E-state index < -0.39 is 0 Å². The summed E-state index contributed by atoms with van der Waals surface area (Å²) in [6, 6.07) is 52.9. The fourth-order valence-corrected chi connectivity index (χ4v) is 5.29. The van der Waals surface area contributed by atoms with Gasteiger partial charge in [-0.05, 0) is 83.9 Å². The molecule has 0 N–H and O–H groups in total. The lowest BCUT2D eigenvalue weighted by Crippen LogP contribution is -1.84. The Labute approximate surface area is 211 Å². The van der Waals surface area contributed by atoms with Gasteiger partial charge in [0.1, 0.15) is 0 Å². The molecule has 0 spiro atoms. The number of fused-ring (bicyclic) bond motifs is 3. The quantitative estimate of drug-likeness (QED) is 0.248. The first-order valence-corrected chi connectivity index (χ1v) is 12.4. The molecule has 0 aliphatic rings. The summed E-state index contributed by atoms with van der Waals surface area (Å²) in [5.41, 5.74) is 7.50. The lowest BCUT2D eigenvalue weighted by Gasteiger charge is -2.10. The summed E-state index contributed by atoms with van der Waals surface area (Å²) in [6.45, 7) is 0. The van der Waals surface area contributed by atoms with Crippen molar-refractivity contribution in [3.05, 3.63) is 146 Å². The van der Waals surface area contributed by atoms with Crippen molar-refractivity contribution in [2.24, 2.45) is 0 Å². The van der Waals surface area contributed by atoms with E-state index in [1.54, 1.807) is 0 Å². The Morgan fingerprint density at radius 2 is 0.694 bits per heavy atom. The molecule has 7 rings (SSSR count). The van der Waals surface area contributed by atoms with Crippen molar-refractivity contribution in [3.8, 4) is 33.4 Å². The zero-order valence-corrected chi connectivity index (χ0v) is 19.9. The monoisotopic (exact) mass is 456 g/mol. The third-order valence-electron chi connectivity index (χ3n) is 7.24. The van der Waals surface area contributed by atoms with Gasteiger partial charge in [-0.15, -0.1) is 0 Å². The van der Waals surface area contributed by atoms with Gasteiger partial charge in [0.05, 0.1) is 0 Å². The van der Waals surface area contributed by atoms with Crippen LogP contribution in [-0.2, 0) is 0 Å². The van der Waals surface area contributed by atoms with Crippen LogP contribution >= 0.6 is 0 Å². The molecular weight excluding hydrogens is 432 g/mol. The molecule has 0 aliphatic heterocycles. The third kappa shape index (κ3) is 3.65. The molecule has 0 aromatic heterocycles. The number of rotatable bonds is 3. The van der Waals surface area contributed by atoms with Gasteiger partial charge in [-0.25, -0.2) is 0 Å². The van der Waals surface area contributed by atoms with E-state index in [0.29, 0.717) is 0 Å². The second-order valence-electron chi connectivity index (χ2n) is 9.44. The second-order valence-corrected chi connectivity index (χ2v) is 9.44. The zero-order valence-electron chi connectivity index (χ0n) is 19.9. The van der Waals surface area contributed by atoms with Crippen molar-refractivity contribution in [1.29, 1.82) is 0 Å². The molecule has 0 saturated carbocycles. The Morgan fingerprint density at radius 3 is 1.39 bits per heavy atom. The lowest BCUT2D eigenvalue weighted by atomic mass is 9.94. The van der Waals surface area contributed by atoms with Crippen LogP contribution in [0.3, 0.4) is 0 Å². The molecule has 0 heteroatoms. The topological polar surface area (TPSA) is 0 Å². The van der Waals surface area contributed by atoms with E-state index in [2.05, 4.69) is 146 Å². The maximum Gasteiger partial charge on any atom is -0.0105 e. The van der Waals surface area contributed by atoms with E-state index in [1.807, 2.05) is 0 Å². The maximum absolute atomic E-state index is 2.30. The largest absolute Gasteiger partial charge is 0.0616 e. The highest BCUT2D eigenvalue weighted by molar-refractivity contribution is 5.97. The Morgan fingerprint density at radius 1 is 0.250 bits per heavy atom. The van der Waals surface area contributed by atoms with Gasteiger partial charge in [-0.2, -0.15) is 0 Å². The van der Waals surface area contributed by atoms with E-state index in [9.17, 15) is 0 Å². The molecule has 0 radical (unpaired) electrons. The molecule has 36 heavy (non-hydrogen) atoms. The van der Waals surface area contributed by atoms with Gasteiger partial charge in [-0.1, -0.05) is 127 Å². The van der Waals surface area contributed by atoms with Crippen molar-refractivity contribution < 1.29 is 0 Å². The van der Waals surface area contributed by atoms with E-state index in [4.69, 9.17) is 0 Å². The van der Waals surface area contributed by atoms with Crippen LogP contribution in [0.2, 0.25) is 0 Å². The average Bonchev–Trinajstić information content (AvgIpc) is 2.96. The molecule has 0 saturated heterocycles. The Bertz CT molecular complexity index is 1870. The van der Waals surface area contributed by atoms with Crippen molar-refractivity contribution in [1.82, 2.24) is 0 Å². The minimum absolute atomic E-state index is 1.24. The van der Waals surface area contributed by atoms with Crippen molar-refractivity contribution >= 4 is 32.3 Å². The van der Waals surface area contributed by atoms with Gasteiger partial charge < -0.3 is 0 Å². The van der Waals surface area contributed by atoms with Gasteiger partial charge >= 0.3 is 0 Å². The first-order valence-electron chi connectivity index (χ1n) is 12.4. The highest BCUT2D eigenvalue weighted by atomic mass is 14.1. The average molecular weight is 457 g/mol. The Hall–Kier alpha value is -4.68. The van der Waals surface area contributed by atoms with Crippen LogP contribution < -0.4 is 0 Å². The summed E-state index contributed by atoms with van der Waals surface area (Å²) in [4.78, 5) is 0. The zero-order chi connectivity index (χ0) is 23.9. The summed E-state index contributed by atoms with van der Waals surface area (Å²) < 4.78 is 0. The lowest BCUT2D eigenvalue weighted by molar-refractivity contribution is 1.62. The predicted octanol–water partition coefficient (Wildman–Crippen LogP) is 10.1. The van der Waals surface area contributed by atoms with Crippen LogP contribution in [0.4, 0.5) is 0 Å². The van der Waals surface area contributed by atoms with Gasteiger partial charge in [0.15, 0.2) is 0 Å². The van der Waals surface area contributed by atoms with E-state index >= 15 is 0 Å². The molecule has 0 atom stereocenters. The third-order valence-corrected chi connectivity index (χ3v) is 7.24. The number of benzene rings is 7. The standard InChI is InChI=1S/C36H24/c1-2-8-29-22-31(17-14-25(29)6-1)34-21-20-32-23-30(18-19-33(32)24-34)26-12-15-28(16-13-26)36-11-5-9-27-7-3-4-10-35(27)36/h1-24H. The highest BCUT2D eigenvalue weighted by Gasteiger charge is 2.06. The SMILES string of the molecule is c1ccc2cc(-c3ccc4cc(-c5ccc(-c6cccc7ccccc67)cc5)ccc4c3)ccc2c1. The first-order chi connectivity index (χ1) is 17.8. The second kappa shape index (κ2) is 8.52. The first kappa shape index (κ1) is 20.7. The molecule has 0 fully saturated rings. The summed E-state index contributed by atoms with van der Waals surface area (Å²) in [5.74, 6) is 0. The minimum atomic E-state index is 1.24. The molecule has 0 unspecified atom stereocenters. The maximum atomic E-state index is 2.30. The normalized spacial score (nSPS) is 11.3. The van der Waals surface area contributed by atoms with Crippen molar-refractivity contribution in [3.63, 3.8) is 0 Å². The molecular formula is C36H24.